The number of likely N-dealkylation sites (tertiary alicyclic amines) is 1. The summed E-state index contributed by atoms with van der Waals surface area (Å²) in [7, 11) is 0. The van der Waals surface area contributed by atoms with Crippen molar-refractivity contribution in [3.63, 3.8) is 0 Å². The van der Waals surface area contributed by atoms with Gasteiger partial charge < -0.3 is 10.2 Å². The number of amides is 2. The Morgan fingerprint density at radius 3 is 2.78 bits per heavy atom. The number of benzene rings is 1. The average Bonchev–Trinajstić information content (AvgIpc) is 2.69. The molecule has 2 heterocycles. The van der Waals surface area contributed by atoms with Crippen LogP contribution < -0.4 is 5.32 Å². The van der Waals surface area contributed by atoms with Gasteiger partial charge in [-0.15, -0.1) is 0 Å². The SMILES string of the molecule is CCC1CCCCN1C(=O)c1cc(C(=O)Nc2ccc(F)cc2F)ccn1. The number of rotatable bonds is 4. The number of hydrogen-bond acceptors (Lipinski definition) is 3. The smallest absolute Gasteiger partial charge is 0.272 e. The number of carbonyl (C=O) groups is 2. The Morgan fingerprint density at radius 2 is 2.04 bits per heavy atom. The molecule has 0 saturated carbocycles. The molecule has 5 nitrogen and oxygen atoms in total. The van der Waals surface area contributed by atoms with Gasteiger partial charge in [0.25, 0.3) is 11.8 Å². The molecule has 1 N–H and O–H groups in total. The maximum Gasteiger partial charge on any atom is 0.272 e. The van der Waals surface area contributed by atoms with Gasteiger partial charge >= 0.3 is 0 Å². The van der Waals surface area contributed by atoms with Crippen LogP contribution in [0.2, 0.25) is 0 Å². The number of piperidine rings is 1. The molecule has 7 heteroatoms. The van der Waals surface area contributed by atoms with Crippen LogP contribution in [0, 0.1) is 11.6 Å². The number of hydrogen-bond donors (Lipinski definition) is 1. The zero-order valence-electron chi connectivity index (χ0n) is 15.0. The van der Waals surface area contributed by atoms with E-state index in [1.165, 1.54) is 18.3 Å². The van der Waals surface area contributed by atoms with Crippen LogP contribution in [0.4, 0.5) is 14.5 Å². The number of nitrogens with one attached hydrogen (secondary N) is 1. The Balaban J connectivity index is 1.78. The summed E-state index contributed by atoms with van der Waals surface area (Å²) in [5, 5.41) is 2.39. The van der Waals surface area contributed by atoms with E-state index in [-0.39, 0.29) is 28.9 Å². The summed E-state index contributed by atoms with van der Waals surface area (Å²) in [5.41, 5.74) is 0.234. The maximum absolute atomic E-state index is 13.7. The van der Waals surface area contributed by atoms with Gasteiger partial charge in [-0.2, -0.15) is 0 Å². The summed E-state index contributed by atoms with van der Waals surface area (Å²) in [6.45, 7) is 2.72. The first-order chi connectivity index (χ1) is 13.0. The molecular formula is C20H21F2N3O2. The highest BCUT2D eigenvalue weighted by Gasteiger charge is 2.27. The minimum absolute atomic E-state index is 0.131. The van der Waals surface area contributed by atoms with Gasteiger partial charge in [-0.3, -0.25) is 14.6 Å². The van der Waals surface area contributed by atoms with E-state index in [9.17, 15) is 18.4 Å². The van der Waals surface area contributed by atoms with E-state index >= 15 is 0 Å². The zero-order valence-corrected chi connectivity index (χ0v) is 15.0. The number of anilines is 1. The van der Waals surface area contributed by atoms with E-state index < -0.39 is 17.5 Å². The number of aromatic nitrogens is 1. The number of pyridine rings is 1. The molecule has 2 amide bonds. The van der Waals surface area contributed by atoms with E-state index in [1.807, 2.05) is 11.8 Å². The van der Waals surface area contributed by atoms with Crippen LogP contribution in [0.15, 0.2) is 36.5 Å². The lowest BCUT2D eigenvalue weighted by molar-refractivity contribution is 0.0602. The van der Waals surface area contributed by atoms with Crippen molar-refractivity contribution in [3.8, 4) is 0 Å². The molecule has 1 aromatic carbocycles. The molecule has 1 aliphatic heterocycles. The van der Waals surface area contributed by atoms with Crippen molar-refractivity contribution in [3.05, 3.63) is 59.4 Å². The number of carbonyl (C=O) groups excluding carboxylic acids is 2. The molecule has 1 aliphatic rings. The van der Waals surface area contributed by atoms with Crippen LogP contribution in [-0.4, -0.2) is 34.3 Å². The molecule has 142 valence electrons. The largest absolute Gasteiger partial charge is 0.334 e. The van der Waals surface area contributed by atoms with Crippen molar-refractivity contribution in [2.24, 2.45) is 0 Å². The normalized spacial score (nSPS) is 16.9. The second kappa shape index (κ2) is 8.24. The Bertz CT molecular complexity index is 857. The van der Waals surface area contributed by atoms with E-state index in [1.54, 1.807) is 0 Å². The number of nitrogens with zero attached hydrogens (tertiary/aromatic N) is 2. The van der Waals surface area contributed by atoms with Crippen molar-refractivity contribution >= 4 is 17.5 Å². The second-order valence-electron chi connectivity index (χ2n) is 6.56. The van der Waals surface area contributed by atoms with E-state index in [2.05, 4.69) is 10.3 Å². The van der Waals surface area contributed by atoms with Gasteiger partial charge in [-0.05, 0) is 49.9 Å². The summed E-state index contributed by atoms with van der Waals surface area (Å²) in [4.78, 5) is 31.1. The first-order valence-electron chi connectivity index (χ1n) is 9.03. The molecule has 0 radical (unpaired) electrons. The molecule has 3 rings (SSSR count). The van der Waals surface area contributed by atoms with Crippen molar-refractivity contribution in [2.75, 3.05) is 11.9 Å². The summed E-state index contributed by atoms with van der Waals surface area (Å²) in [6.07, 6.45) is 5.27. The van der Waals surface area contributed by atoms with Gasteiger partial charge in [-0.25, -0.2) is 8.78 Å². The minimum Gasteiger partial charge on any atom is -0.334 e. The highest BCUT2D eigenvalue weighted by molar-refractivity contribution is 6.05. The summed E-state index contributed by atoms with van der Waals surface area (Å²) < 4.78 is 26.7. The van der Waals surface area contributed by atoms with Gasteiger partial charge in [0.2, 0.25) is 0 Å². The lowest BCUT2D eigenvalue weighted by Crippen LogP contribution is -2.43. The molecule has 0 aliphatic carbocycles. The Kier molecular flexibility index (Phi) is 5.78. The first-order valence-corrected chi connectivity index (χ1v) is 9.03. The van der Waals surface area contributed by atoms with Crippen LogP contribution in [0.5, 0.6) is 0 Å². The van der Waals surface area contributed by atoms with Crippen molar-refractivity contribution < 1.29 is 18.4 Å². The molecule has 1 fully saturated rings. The lowest BCUT2D eigenvalue weighted by Gasteiger charge is -2.35. The lowest BCUT2D eigenvalue weighted by atomic mass is 9.99. The van der Waals surface area contributed by atoms with Crippen molar-refractivity contribution in [2.45, 2.75) is 38.6 Å². The molecular weight excluding hydrogens is 352 g/mol. The van der Waals surface area contributed by atoms with Gasteiger partial charge in [-0.1, -0.05) is 6.92 Å². The monoisotopic (exact) mass is 373 g/mol. The molecule has 1 aromatic heterocycles. The van der Waals surface area contributed by atoms with Crippen LogP contribution in [0.3, 0.4) is 0 Å². The topological polar surface area (TPSA) is 62.3 Å². The van der Waals surface area contributed by atoms with Gasteiger partial charge in [0, 0.05) is 30.4 Å². The van der Waals surface area contributed by atoms with Crippen LogP contribution in [-0.2, 0) is 0 Å². The van der Waals surface area contributed by atoms with Crippen molar-refractivity contribution in [1.82, 2.24) is 9.88 Å². The van der Waals surface area contributed by atoms with Gasteiger partial charge in [0.1, 0.15) is 17.3 Å². The second-order valence-corrected chi connectivity index (χ2v) is 6.56. The molecule has 1 unspecified atom stereocenters. The summed E-state index contributed by atoms with van der Waals surface area (Å²) in [5.74, 6) is -2.39. The molecule has 0 spiro atoms. The fourth-order valence-corrected chi connectivity index (χ4v) is 3.31. The standard InChI is InChI=1S/C20H21F2N3O2/c1-2-15-5-3-4-10-25(15)20(27)18-11-13(8-9-23-18)19(26)24-17-7-6-14(21)12-16(17)22/h6-9,11-12,15H,2-5,10H2,1H3,(H,24,26). The highest BCUT2D eigenvalue weighted by atomic mass is 19.1. The number of halogens is 2. The third-order valence-corrected chi connectivity index (χ3v) is 4.78. The predicted octanol–water partition coefficient (Wildman–Crippen LogP) is 4.02. The maximum atomic E-state index is 13.7. The van der Waals surface area contributed by atoms with E-state index in [4.69, 9.17) is 0 Å². The molecule has 27 heavy (non-hydrogen) atoms. The van der Waals surface area contributed by atoms with Crippen LogP contribution in [0.1, 0.15) is 53.5 Å². The highest BCUT2D eigenvalue weighted by Crippen LogP contribution is 2.22. The first kappa shape index (κ1) is 18.9. The van der Waals surface area contributed by atoms with E-state index in [0.717, 1.165) is 37.8 Å². The third-order valence-electron chi connectivity index (χ3n) is 4.78. The van der Waals surface area contributed by atoms with E-state index in [0.29, 0.717) is 12.6 Å². The average molecular weight is 373 g/mol. The quantitative estimate of drug-likeness (QED) is 0.881. The Labute approximate surface area is 156 Å². The predicted molar refractivity (Wildman–Crippen MR) is 97.5 cm³/mol. The summed E-state index contributed by atoms with van der Waals surface area (Å²) >= 11 is 0. The Morgan fingerprint density at radius 1 is 1.22 bits per heavy atom. The summed E-state index contributed by atoms with van der Waals surface area (Å²) in [6, 6.07) is 5.93. The van der Waals surface area contributed by atoms with Crippen LogP contribution in [0.25, 0.3) is 0 Å². The van der Waals surface area contributed by atoms with Crippen LogP contribution >= 0.6 is 0 Å². The van der Waals surface area contributed by atoms with Crippen molar-refractivity contribution in [1.29, 1.82) is 0 Å². The van der Waals surface area contributed by atoms with Gasteiger partial charge in [0.05, 0.1) is 5.69 Å². The zero-order chi connectivity index (χ0) is 19.4. The fraction of sp³-hybridized carbons (Fsp3) is 0.350. The molecule has 1 saturated heterocycles. The van der Waals surface area contributed by atoms with Gasteiger partial charge in [0.15, 0.2) is 0 Å². The minimum atomic E-state index is -0.868. The molecule has 1 atom stereocenters. The third kappa shape index (κ3) is 4.30. The molecule has 2 aromatic rings. The molecule has 0 bridgehead atoms. The Hall–Kier alpha value is -2.83. The fourth-order valence-electron chi connectivity index (χ4n) is 3.31.